The summed E-state index contributed by atoms with van der Waals surface area (Å²) in [7, 11) is 3.85. The predicted octanol–water partition coefficient (Wildman–Crippen LogP) is 1.97. The number of likely N-dealkylation sites (tertiary alicyclic amines) is 1. The first kappa shape index (κ1) is 19.7. The van der Waals surface area contributed by atoms with Gasteiger partial charge >= 0.3 is 6.16 Å². The van der Waals surface area contributed by atoms with E-state index in [4.69, 9.17) is 9.84 Å². The second-order valence-electron chi connectivity index (χ2n) is 8.00. The van der Waals surface area contributed by atoms with Gasteiger partial charge in [0.05, 0.1) is 11.6 Å². The molecule has 8 heteroatoms. The molecule has 0 spiro atoms. The van der Waals surface area contributed by atoms with Crippen LogP contribution >= 0.6 is 0 Å². The molecule has 156 valence electrons. The Morgan fingerprint density at radius 2 is 1.90 bits per heavy atom. The largest absolute Gasteiger partial charge is 0.512 e. The smallest absolute Gasteiger partial charge is 0.449 e. The zero-order valence-electron chi connectivity index (χ0n) is 17.0. The number of amides is 1. The van der Waals surface area contributed by atoms with E-state index in [9.17, 15) is 9.59 Å². The van der Waals surface area contributed by atoms with E-state index in [-0.39, 0.29) is 11.9 Å². The number of rotatable bonds is 4. The molecule has 2 aliphatic heterocycles. The molecule has 4 rings (SSSR count). The third-order valence-corrected chi connectivity index (χ3v) is 6.17. The van der Waals surface area contributed by atoms with Crippen molar-refractivity contribution >= 4 is 23.0 Å². The van der Waals surface area contributed by atoms with Crippen LogP contribution in [0.1, 0.15) is 18.4 Å². The summed E-state index contributed by atoms with van der Waals surface area (Å²) in [6.07, 6.45) is 0.749. The first-order chi connectivity index (χ1) is 13.9. The maximum atomic E-state index is 12.8. The van der Waals surface area contributed by atoms with Crippen molar-refractivity contribution in [1.29, 1.82) is 0 Å². The van der Waals surface area contributed by atoms with E-state index in [1.807, 2.05) is 31.1 Å². The zero-order valence-corrected chi connectivity index (χ0v) is 17.0. The molecule has 29 heavy (non-hydrogen) atoms. The number of carboxylic acid groups (broad SMARTS) is 1. The number of fused-ring (bicyclic) bond motifs is 1. The third kappa shape index (κ3) is 3.95. The fourth-order valence-electron chi connectivity index (χ4n) is 4.59. The van der Waals surface area contributed by atoms with Crippen molar-refractivity contribution in [2.45, 2.75) is 25.4 Å². The number of aromatic nitrogens is 1. The summed E-state index contributed by atoms with van der Waals surface area (Å²) in [6, 6.07) is 7.81. The van der Waals surface area contributed by atoms with Gasteiger partial charge < -0.3 is 19.3 Å². The van der Waals surface area contributed by atoms with Gasteiger partial charge in [-0.1, -0.05) is 18.2 Å². The number of hydrogen-bond acceptors (Lipinski definition) is 5. The Kier molecular flexibility index (Phi) is 5.47. The average Bonchev–Trinajstić information content (AvgIpc) is 3.25. The molecular formula is C21H28N4O4. The van der Waals surface area contributed by atoms with E-state index < -0.39 is 6.16 Å². The molecule has 1 aromatic heterocycles. The number of aryl methyl sites for hydroxylation is 1. The highest BCUT2D eigenvalue weighted by Gasteiger charge is 2.32. The molecule has 1 aromatic carbocycles. The number of nitrogens with zero attached hydrogens (tertiary/aromatic N) is 4. The fraction of sp³-hybridized carbons (Fsp3) is 0.524. The summed E-state index contributed by atoms with van der Waals surface area (Å²) in [4.78, 5) is 30.2. The highest BCUT2D eigenvalue weighted by molar-refractivity contribution is 5.86. The minimum absolute atomic E-state index is 0.0475. The van der Waals surface area contributed by atoms with Crippen molar-refractivity contribution in [2.24, 2.45) is 7.05 Å². The number of ether oxygens (including phenoxy) is 1. The molecule has 1 unspecified atom stereocenters. The predicted molar refractivity (Wildman–Crippen MR) is 109 cm³/mol. The summed E-state index contributed by atoms with van der Waals surface area (Å²) in [5.41, 5.74) is 2.11. The van der Waals surface area contributed by atoms with Crippen LogP contribution in [0.2, 0.25) is 0 Å². The van der Waals surface area contributed by atoms with Crippen molar-refractivity contribution in [3.05, 3.63) is 29.8 Å². The molecular weight excluding hydrogens is 372 g/mol. The van der Waals surface area contributed by atoms with Gasteiger partial charge in [0.15, 0.2) is 0 Å². The molecule has 8 nitrogen and oxygen atoms in total. The van der Waals surface area contributed by atoms with Crippen LogP contribution in [-0.4, -0.2) is 82.2 Å². The SMILES string of the molecule is CN1CCCC1C(=O)N1CCN(Cc2cccc3cc(OC(=O)O)n(C)c23)CC1. The van der Waals surface area contributed by atoms with E-state index >= 15 is 0 Å². The zero-order chi connectivity index (χ0) is 20.5. The van der Waals surface area contributed by atoms with E-state index in [0.29, 0.717) is 5.88 Å². The Balaban J connectivity index is 1.43. The van der Waals surface area contributed by atoms with E-state index in [1.54, 1.807) is 10.6 Å². The van der Waals surface area contributed by atoms with Gasteiger partial charge in [0.2, 0.25) is 11.8 Å². The van der Waals surface area contributed by atoms with Gasteiger partial charge in [0.25, 0.3) is 0 Å². The molecule has 2 fully saturated rings. The van der Waals surface area contributed by atoms with Gasteiger partial charge in [0.1, 0.15) is 0 Å². The van der Waals surface area contributed by atoms with Gasteiger partial charge in [0, 0.05) is 51.2 Å². The molecule has 2 aromatic rings. The van der Waals surface area contributed by atoms with Crippen molar-refractivity contribution in [3.63, 3.8) is 0 Å². The summed E-state index contributed by atoms with van der Waals surface area (Å²) in [6.45, 7) is 4.93. The van der Waals surface area contributed by atoms with Crippen LogP contribution in [0.15, 0.2) is 24.3 Å². The first-order valence-electron chi connectivity index (χ1n) is 10.1. The number of likely N-dealkylation sites (N-methyl/N-ethyl adjacent to an activating group) is 1. The van der Waals surface area contributed by atoms with Crippen LogP contribution in [0, 0.1) is 0 Å². The molecule has 3 heterocycles. The van der Waals surface area contributed by atoms with Crippen molar-refractivity contribution in [2.75, 3.05) is 39.8 Å². The van der Waals surface area contributed by atoms with Crippen LogP contribution in [0.3, 0.4) is 0 Å². The summed E-state index contributed by atoms with van der Waals surface area (Å²) < 4.78 is 6.68. The molecule has 1 amide bonds. The van der Waals surface area contributed by atoms with Crippen LogP contribution in [0.4, 0.5) is 4.79 Å². The highest BCUT2D eigenvalue weighted by atomic mass is 16.7. The molecule has 0 radical (unpaired) electrons. The van der Waals surface area contributed by atoms with E-state index in [0.717, 1.165) is 68.6 Å². The minimum atomic E-state index is -1.31. The second-order valence-corrected chi connectivity index (χ2v) is 8.00. The summed E-state index contributed by atoms with van der Waals surface area (Å²) in [5.74, 6) is 0.584. The number of piperazine rings is 1. The molecule has 2 saturated heterocycles. The molecule has 1 atom stereocenters. The minimum Gasteiger partial charge on any atom is -0.449 e. The Morgan fingerprint density at radius 3 is 2.55 bits per heavy atom. The number of para-hydroxylation sites is 1. The van der Waals surface area contributed by atoms with Gasteiger partial charge in [-0.25, -0.2) is 4.79 Å². The number of benzene rings is 1. The lowest BCUT2D eigenvalue weighted by Gasteiger charge is -2.37. The molecule has 0 saturated carbocycles. The number of hydrogen-bond donors (Lipinski definition) is 1. The lowest BCUT2D eigenvalue weighted by atomic mass is 10.1. The monoisotopic (exact) mass is 400 g/mol. The quantitative estimate of drug-likeness (QED) is 0.791. The number of carbonyl (C=O) groups is 2. The van der Waals surface area contributed by atoms with Crippen molar-refractivity contribution in [1.82, 2.24) is 19.3 Å². The summed E-state index contributed by atoms with van der Waals surface area (Å²) in [5, 5.41) is 9.89. The average molecular weight is 400 g/mol. The summed E-state index contributed by atoms with van der Waals surface area (Å²) >= 11 is 0. The van der Waals surface area contributed by atoms with E-state index in [1.165, 1.54) is 0 Å². The van der Waals surface area contributed by atoms with Gasteiger partial charge in [-0.2, -0.15) is 0 Å². The van der Waals surface area contributed by atoms with E-state index in [2.05, 4.69) is 15.9 Å². The fourth-order valence-corrected chi connectivity index (χ4v) is 4.59. The Bertz CT molecular complexity index is 917. The molecule has 2 aliphatic rings. The highest BCUT2D eigenvalue weighted by Crippen LogP contribution is 2.28. The Morgan fingerprint density at radius 1 is 1.14 bits per heavy atom. The maximum Gasteiger partial charge on any atom is 0.512 e. The van der Waals surface area contributed by atoms with Crippen LogP contribution < -0.4 is 4.74 Å². The van der Waals surface area contributed by atoms with Crippen molar-refractivity contribution < 1.29 is 19.4 Å². The van der Waals surface area contributed by atoms with Gasteiger partial charge in [-0.15, -0.1) is 0 Å². The lowest BCUT2D eigenvalue weighted by molar-refractivity contribution is -0.137. The third-order valence-electron chi connectivity index (χ3n) is 6.17. The second kappa shape index (κ2) is 8.04. The normalized spacial score (nSPS) is 21.0. The lowest BCUT2D eigenvalue weighted by Crippen LogP contribution is -2.52. The maximum absolute atomic E-state index is 12.8. The number of carbonyl (C=O) groups excluding carboxylic acids is 1. The van der Waals surface area contributed by atoms with Crippen molar-refractivity contribution in [3.8, 4) is 5.88 Å². The van der Waals surface area contributed by atoms with Crippen LogP contribution in [0.5, 0.6) is 5.88 Å². The van der Waals surface area contributed by atoms with Crippen LogP contribution in [-0.2, 0) is 18.4 Å². The molecule has 1 N–H and O–H groups in total. The van der Waals surface area contributed by atoms with Gasteiger partial charge in [-0.3, -0.25) is 14.6 Å². The molecule has 0 bridgehead atoms. The van der Waals surface area contributed by atoms with Crippen LogP contribution in [0.25, 0.3) is 10.9 Å². The Labute approximate surface area is 170 Å². The first-order valence-corrected chi connectivity index (χ1v) is 10.1. The van der Waals surface area contributed by atoms with Gasteiger partial charge in [-0.05, 0) is 32.0 Å². The topological polar surface area (TPSA) is 78.2 Å². The standard InChI is InChI=1S/C21H28N4O4/c1-22-8-4-7-17(22)20(26)25-11-9-24(10-12-25)14-16-6-3-5-15-13-18(29-21(27)28)23(2)19(15)16/h3,5-6,13,17H,4,7-12,14H2,1-2H3,(H,27,28). The molecule has 0 aliphatic carbocycles. The Hall–Kier alpha value is -2.58.